The van der Waals surface area contributed by atoms with E-state index < -0.39 is 0 Å². The maximum Gasteiger partial charge on any atom is 0.222 e. The molecule has 0 saturated carbocycles. The summed E-state index contributed by atoms with van der Waals surface area (Å²) in [4.78, 5) is 20.5. The number of aromatic nitrogens is 3. The predicted octanol–water partition coefficient (Wildman–Crippen LogP) is 2.16. The second kappa shape index (κ2) is 7.65. The fourth-order valence-corrected chi connectivity index (χ4v) is 2.60. The fraction of sp³-hybridized carbons (Fsp3) is 0.278. The average molecular weight is 339 g/mol. The van der Waals surface area contributed by atoms with Gasteiger partial charge in [-0.3, -0.25) is 14.2 Å². The third-order valence-corrected chi connectivity index (χ3v) is 3.87. The summed E-state index contributed by atoms with van der Waals surface area (Å²) in [6.07, 6.45) is 5.64. The first kappa shape index (κ1) is 16.8. The molecule has 0 fully saturated rings. The number of anilines is 1. The lowest BCUT2D eigenvalue weighted by Gasteiger charge is -2.09. The minimum absolute atomic E-state index is 0.0107. The van der Waals surface area contributed by atoms with E-state index in [2.05, 4.69) is 20.6 Å². The fourth-order valence-electron chi connectivity index (χ4n) is 2.60. The molecule has 0 aliphatic carbocycles. The van der Waals surface area contributed by atoms with Crippen LogP contribution in [0.1, 0.15) is 17.7 Å². The Hall–Kier alpha value is -3.09. The highest BCUT2D eigenvalue weighted by Crippen LogP contribution is 2.16. The van der Waals surface area contributed by atoms with Gasteiger partial charge in [-0.05, 0) is 24.6 Å². The van der Waals surface area contributed by atoms with Crippen molar-refractivity contribution in [2.24, 2.45) is 0 Å². The number of ether oxygens (including phenoxy) is 1. The highest BCUT2D eigenvalue weighted by molar-refractivity contribution is 5.76. The first-order chi connectivity index (χ1) is 12.2. The number of rotatable bonds is 7. The van der Waals surface area contributed by atoms with Gasteiger partial charge in [-0.15, -0.1) is 0 Å². The summed E-state index contributed by atoms with van der Waals surface area (Å²) in [7, 11) is 1.63. The van der Waals surface area contributed by atoms with Gasteiger partial charge in [0.25, 0.3) is 0 Å². The molecule has 0 bridgehead atoms. The zero-order valence-corrected chi connectivity index (χ0v) is 14.3. The van der Waals surface area contributed by atoms with Gasteiger partial charge in [-0.1, -0.05) is 12.1 Å². The second-order valence-corrected chi connectivity index (χ2v) is 5.66. The predicted molar refractivity (Wildman–Crippen MR) is 95.7 cm³/mol. The maximum absolute atomic E-state index is 12.0. The van der Waals surface area contributed by atoms with Gasteiger partial charge in [0.15, 0.2) is 5.65 Å². The molecule has 0 aliphatic heterocycles. The second-order valence-electron chi connectivity index (χ2n) is 5.66. The smallest absolute Gasteiger partial charge is 0.222 e. The summed E-state index contributed by atoms with van der Waals surface area (Å²) in [6.45, 7) is 2.94. The van der Waals surface area contributed by atoms with E-state index in [4.69, 9.17) is 4.74 Å². The number of nitrogens with zero attached hydrogens (tertiary/aromatic N) is 3. The Labute approximate surface area is 146 Å². The topological polar surface area (TPSA) is 80.5 Å². The number of hydrogen-bond donors (Lipinski definition) is 2. The molecule has 3 aromatic rings. The van der Waals surface area contributed by atoms with Crippen LogP contribution in [-0.2, 0) is 11.3 Å². The molecule has 0 atom stereocenters. The lowest BCUT2D eigenvalue weighted by atomic mass is 10.2. The van der Waals surface area contributed by atoms with Crippen LogP contribution in [0.3, 0.4) is 0 Å². The van der Waals surface area contributed by atoms with Crippen molar-refractivity contribution in [2.75, 3.05) is 19.0 Å². The summed E-state index contributed by atoms with van der Waals surface area (Å²) in [5.74, 6) is 1.66. The van der Waals surface area contributed by atoms with Crippen LogP contribution in [0.2, 0.25) is 0 Å². The van der Waals surface area contributed by atoms with Gasteiger partial charge in [-0.25, -0.2) is 4.98 Å². The molecule has 25 heavy (non-hydrogen) atoms. The largest absolute Gasteiger partial charge is 0.497 e. The van der Waals surface area contributed by atoms with Crippen molar-refractivity contribution in [3.63, 3.8) is 0 Å². The van der Waals surface area contributed by atoms with Gasteiger partial charge < -0.3 is 15.4 Å². The molecule has 0 radical (unpaired) electrons. The quantitative estimate of drug-likeness (QED) is 0.689. The van der Waals surface area contributed by atoms with Gasteiger partial charge in [-0.2, -0.15) is 0 Å². The summed E-state index contributed by atoms with van der Waals surface area (Å²) in [5, 5.41) is 6.19. The molecule has 2 heterocycles. The maximum atomic E-state index is 12.0. The molecule has 7 heteroatoms. The number of fused-ring (bicyclic) bond motifs is 1. The van der Waals surface area contributed by atoms with Crippen molar-refractivity contribution in [1.29, 1.82) is 0 Å². The summed E-state index contributed by atoms with van der Waals surface area (Å²) < 4.78 is 7.11. The lowest BCUT2D eigenvalue weighted by Crippen LogP contribution is -2.25. The number of benzene rings is 1. The standard InChI is InChI=1S/C18H21N5O2/c1-13-18(23-9-8-19-12-16(23)22-13)20-7-6-17(24)21-11-14-4-3-5-15(10-14)25-2/h3-5,8-10,12,20H,6-7,11H2,1-2H3,(H,21,24). The number of hydrogen-bond acceptors (Lipinski definition) is 5. The van der Waals surface area contributed by atoms with Crippen LogP contribution in [0.4, 0.5) is 5.82 Å². The van der Waals surface area contributed by atoms with Crippen LogP contribution >= 0.6 is 0 Å². The Morgan fingerprint density at radius 3 is 3.08 bits per heavy atom. The number of methoxy groups -OCH3 is 1. The van der Waals surface area contributed by atoms with Crippen molar-refractivity contribution in [2.45, 2.75) is 19.9 Å². The van der Waals surface area contributed by atoms with Crippen molar-refractivity contribution in [3.05, 3.63) is 54.1 Å². The van der Waals surface area contributed by atoms with Crippen LogP contribution in [0.15, 0.2) is 42.9 Å². The molecule has 0 unspecified atom stereocenters. The number of imidazole rings is 1. The molecule has 0 aliphatic rings. The Morgan fingerprint density at radius 1 is 1.36 bits per heavy atom. The molecule has 1 aromatic carbocycles. The molecular formula is C18H21N5O2. The SMILES string of the molecule is COc1cccc(CNC(=O)CCNc2c(C)nc3cnccn23)c1. The molecule has 2 N–H and O–H groups in total. The zero-order chi connectivity index (χ0) is 17.6. The van der Waals surface area contributed by atoms with E-state index in [1.807, 2.05) is 41.8 Å². The van der Waals surface area contributed by atoms with E-state index in [1.54, 1.807) is 19.5 Å². The minimum atomic E-state index is -0.0107. The Kier molecular flexibility index (Phi) is 5.13. The molecular weight excluding hydrogens is 318 g/mol. The lowest BCUT2D eigenvalue weighted by molar-refractivity contribution is -0.121. The monoisotopic (exact) mass is 339 g/mol. The molecule has 0 spiro atoms. The van der Waals surface area contributed by atoms with Crippen molar-refractivity contribution >= 4 is 17.4 Å². The molecule has 0 saturated heterocycles. The van der Waals surface area contributed by atoms with Crippen molar-refractivity contribution < 1.29 is 9.53 Å². The minimum Gasteiger partial charge on any atom is -0.497 e. The Balaban J connectivity index is 1.50. The molecule has 7 nitrogen and oxygen atoms in total. The van der Waals surface area contributed by atoms with Crippen LogP contribution in [0.25, 0.3) is 5.65 Å². The van der Waals surface area contributed by atoms with E-state index in [-0.39, 0.29) is 5.91 Å². The summed E-state index contributed by atoms with van der Waals surface area (Å²) in [5.41, 5.74) is 2.67. The third kappa shape index (κ3) is 4.06. The van der Waals surface area contributed by atoms with E-state index in [1.165, 1.54) is 0 Å². The van der Waals surface area contributed by atoms with E-state index in [9.17, 15) is 4.79 Å². The summed E-state index contributed by atoms with van der Waals surface area (Å²) in [6, 6.07) is 7.65. The van der Waals surface area contributed by atoms with Gasteiger partial charge >= 0.3 is 0 Å². The van der Waals surface area contributed by atoms with Gasteiger partial charge in [0.1, 0.15) is 11.6 Å². The highest BCUT2D eigenvalue weighted by Gasteiger charge is 2.08. The number of nitrogens with one attached hydrogen (secondary N) is 2. The Morgan fingerprint density at radius 2 is 2.24 bits per heavy atom. The van der Waals surface area contributed by atoms with Crippen molar-refractivity contribution in [3.8, 4) is 5.75 Å². The number of amides is 1. The van der Waals surface area contributed by atoms with E-state index in [0.717, 1.165) is 28.5 Å². The van der Waals surface area contributed by atoms with Crippen LogP contribution in [-0.4, -0.2) is 33.9 Å². The van der Waals surface area contributed by atoms with E-state index >= 15 is 0 Å². The number of carbonyl (C=O) groups excluding carboxylic acids is 1. The third-order valence-electron chi connectivity index (χ3n) is 3.87. The van der Waals surface area contributed by atoms with Crippen molar-refractivity contribution in [1.82, 2.24) is 19.7 Å². The van der Waals surface area contributed by atoms with Crippen LogP contribution in [0.5, 0.6) is 5.75 Å². The molecule has 3 rings (SSSR count). The summed E-state index contributed by atoms with van der Waals surface area (Å²) >= 11 is 0. The van der Waals surface area contributed by atoms with Gasteiger partial charge in [0.05, 0.1) is 19.0 Å². The van der Waals surface area contributed by atoms with Crippen LogP contribution < -0.4 is 15.4 Å². The number of aryl methyl sites for hydroxylation is 1. The molecule has 2 aromatic heterocycles. The van der Waals surface area contributed by atoms with Gasteiger partial charge in [0.2, 0.25) is 5.91 Å². The first-order valence-corrected chi connectivity index (χ1v) is 8.09. The zero-order valence-electron chi connectivity index (χ0n) is 14.3. The van der Waals surface area contributed by atoms with Crippen LogP contribution in [0, 0.1) is 6.92 Å². The molecule has 1 amide bonds. The Bertz CT molecular complexity index is 875. The van der Waals surface area contributed by atoms with Gasteiger partial charge in [0, 0.05) is 31.9 Å². The molecule has 130 valence electrons. The van der Waals surface area contributed by atoms with E-state index in [0.29, 0.717) is 19.5 Å². The average Bonchev–Trinajstić information content (AvgIpc) is 2.96. The highest BCUT2D eigenvalue weighted by atomic mass is 16.5. The normalized spacial score (nSPS) is 10.6. The first-order valence-electron chi connectivity index (χ1n) is 8.09. The number of carbonyl (C=O) groups is 1.